The Balaban J connectivity index is 2.47. The number of hydrogen-bond donors (Lipinski definition) is 0. The summed E-state index contributed by atoms with van der Waals surface area (Å²) in [7, 11) is 0. The lowest BCUT2D eigenvalue weighted by Crippen LogP contribution is -2.35. The van der Waals surface area contributed by atoms with Gasteiger partial charge in [-0.25, -0.2) is 4.39 Å². The van der Waals surface area contributed by atoms with Crippen LogP contribution in [0.4, 0.5) is 10.1 Å². The van der Waals surface area contributed by atoms with E-state index in [1.807, 2.05) is 6.07 Å². The molecule has 1 fully saturated rings. The summed E-state index contributed by atoms with van der Waals surface area (Å²) in [4.78, 5) is 13.3. The van der Waals surface area contributed by atoms with Gasteiger partial charge in [0.05, 0.1) is 11.3 Å². The second-order valence-corrected chi connectivity index (χ2v) is 4.23. The highest BCUT2D eigenvalue weighted by atomic mass is 19.1. The van der Waals surface area contributed by atoms with Crippen molar-refractivity contribution in [2.24, 2.45) is 0 Å². The van der Waals surface area contributed by atoms with Crippen LogP contribution in [0.2, 0.25) is 0 Å². The molecule has 1 aliphatic rings. The minimum atomic E-state index is -0.377. The van der Waals surface area contributed by atoms with Gasteiger partial charge in [-0.3, -0.25) is 4.79 Å². The van der Waals surface area contributed by atoms with Crippen molar-refractivity contribution in [3.8, 4) is 6.07 Å². The third-order valence-corrected chi connectivity index (χ3v) is 3.01. The Morgan fingerprint density at radius 1 is 1.41 bits per heavy atom. The van der Waals surface area contributed by atoms with E-state index >= 15 is 0 Å². The molecule has 1 aliphatic heterocycles. The van der Waals surface area contributed by atoms with Gasteiger partial charge in [0.2, 0.25) is 5.91 Å². The molecule has 0 radical (unpaired) electrons. The van der Waals surface area contributed by atoms with Crippen molar-refractivity contribution in [3.63, 3.8) is 0 Å². The summed E-state index contributed by atoms with van der Waals surface area (Å²) in [5.41, 5.74) is 1.19. The number of carbonyl (C=O) groups is 1. The van der Waals surface area contributed by atoms with E-state index < -0.39 is 0 Å². The maximum atomic E-state index is 13.5. The third kappa shape index (κ3) is 2.14. The fourth-order valence-electron chi connectivity index (χ4n) is 2.04. The topological polar surface area (TPSA) is 44.1 Å². The summed E-state index contributed by atoms with van der Waals surface area (Å²) >= 11 is 0. The van der Waals surface area contributed by atoms with Crippen LogP contribution in [-0.2, 0) is 4.79 Å². The standard InChI is InChI=1S/C13H13FN2O/c1-9-6-10(8-15)12(7-11(9)14)16-5-3-2-4-13(16)17/h6-7H,2-5H2,1H3. The smallest absolute Gasteiger partial charge is 0.227 e. The average Bonchev–Trinajstić information content (AvgIpc) is 2.33. The van der Waals surface area contributed by atoms with Gasteiger partial charge in [-0.15, -0.1) is 0 Å². The van der Waals surface area contributed by atoms with Crippen LogP contribution in [0.3, 0.4) is 0 Å². The SMILES string of the molecule is Cc1cc(C#N)c(N2CCCCC2=O)cc1F. The molecule has 0 unspecified atom stereocenters. The summed E-state index contributed by atoms with van der Waals surface area (Å²) in [6.45, 7) is 2.17. The van der Waals surface area contributed by atoms with Crippen LogP contribution in [0.5, 0.6) is 0 Å². The predicted octanol–water partition coefficient (Wildman–Crippen LogP) is 2.52. The molecular formula is C13H13FN2O. The van der Waals surface area contributed by atoms with E-state index in [4.69, 9.17) is 5.26 Å². The zero-order chi connectivity index (χ0) is 12.4. The molecule has 1 saturated heterocycles. The number of hydrogen-bond acceptors (Lipinski definition) is 2. The lowest BCUT2D eigenvalue weighted by molar-refractivity contribution is -0.119. The van der Waals surface area contributed by atoms with Crippen molar-refractivity contribution in [2.75, 3.05) is 11.4 Å². The van der Waals surface area contributed by atoms with Gasteiger partial charge in [-0.2, -0.15) is 5.26 Å². The molecule has 3 nitrogen and oxygen atoms in total. The van der Waals surface area contributed by atoms with Crippen LogP contribution >= 0.6 is 0 Å². The number of anilines is 1. The van der Waals surface area contributed by atoms with Gasteiger partial charge >= 0.3 is 0 Å². The Morgan fingerprint density at radius 3 is 2.82 bits per heavy atom. The molecule has 0 aliphatic carbocycles. The Kier molecular flexibility index (Phi) is 3.10. The molecule has 0 atom stereocenters. The number of halogens is 1. The van der Waals surface area contributed by atoms with E-state index in [0.29, 0.717) is 29.8 Å². The van der Waals surface area contributed by atoms with Crippen LogP contribution in [0.15, 0.2) is 12.1 Å². The Morgan fingerprint density at radius 2 is 2.18 bits per heavy atom. The van der Waals surface area contributed by atoms with Crippen molar-refractivity contribution in [2.45, 2.75) is 26.2 Å². The average molecular weight is 232 g/mol. The first-order chi connectivity index (χ1) is 8.13. The first kappa shape index (κ1) is 11.6. The van der Waals surface area contributed by atoms with Gasteiger partial charge in [-0.05, 0) is 37.5 Å². The van der Waals surface area contributed by atoms with Crippen LogP contribution in [0.1, 0.15) is 30.4 Å². The first-order valence-electron chi connectivity index (χ1n) is 5.64. The van der Waals surface area contributed by atoms with Gasteiger partial charge in [0.1, 0.15) is 11.9 Å². The van der Waals surface area contributed by atoms with Gasteiger partial charge in [0.25, 0.3) is 0 Å². The van der Waals surface area contributed by atoms with Gasteiger partial charge in [0, 0.05) is 13.0 Å². The molecule has 1 amide bonds. The fourth-order valence-corrected chi connectivity index (χ4v) is 2.04. The Hall–Kier alpha value is -1.89. The third-order valence-electron chi connectivity index (χ3n) is 3.01. The summed E-state index contributed by atoms with van der Waals surface area (Å²) < 4.78 is 13.5. The molecule has 88 valence electrons. The fraction of sp³-hybridized carbons (Fsp3) is 0.385. The highest BCUT2D eigenvalue weighted by Gasteiger charge is 2.22. The van der Waals surface area contributed by atoms with Gasteiger partial charge in [0.15, 0.2) is 0 Å². The minimum Gasteiger partial charge on any atom is -0.311 e. The second-order valence-electron chi connectivity index (χ2n) is 4.23. The molecule has 1 aromatic carbocycles. The number of nitrogens with zero attached hydrogens (tertiary/aromatic N) is 2. The van der Waals surface area contributed by atoms with E-state index in [1.165, 1.54) is 17.0 Å². The molecule has 2 rings (SSSR count). The predicted molar refractivity (Wildman–Crippen MR) is 62.1 cm³/mol. The molecule has 4 heteroatoms. The number of nitriles is 1. The number of aryl methyl sites for hydroxylation is 1. The van der Waals surface area contributed by atoms with E-state index in [-0.39, 0.29) is 11.7 Å². The van der Waals surface area contributed by atoms with E-state index in [2.05, 4.69) is 0 Å². The van der Waals surface area contributed by atoms with Crippen LogP contribution in [0.25, 0.3) is 0 Å². The van der Waals surface area contributed by atoms with E-state index in [9.17, 15) is 9.18 Å². The summed E-state index contributed by atoms with van der Waals surface area (Å²) in [6, 6.07) is 4.80. The van der Waals surface area contributed by atoms with Crippen molar-refractivity contribution in [1.29, 1.82) is 5.26 Å². The highest BCUT2D eigenvalue weighted by Crippen LogP contribution is 2.27. The molecule has 0 bridgehead atoms. The maximum absolute atomic E-state index is 13.5. The van der Waals surface area contributed by atoms with Crippen molar-refractivity contribution in [1.82, 2.24) is 0 Å². The molecule has 0 spiro atoms. The van der Waals surface area contributed by atoms with E-state index in [0.717, 1.165) is 12.8 Å². The van der Waals surface area contributed by atoms with Crippen LogP contribution < -0.4 is 4.90 Å². The number of benzene rings is 1. The normalized spacial score (nSPS) is 15.8. The zero-order valence-corrected chi connectivity index (χ0v) is 9.66. The van der Waals surface area contributed by atoms with E-state index in [1.54, 1.807) is 6.92 Å². The molecular weight excluding hydrogens is 219 g/mol. The Bertz CT molecular complexity index is 505. The number of amides is 1. The molecule has 1 heterocycles. The lowest BCUT2D eigenvalue weighted by Gasteiger charge is -2.27. The number of piperidine rings is 1. The van der Waals surface area contributed by atoms with Crippen LogP contribution in [0, 0.1) is 24.1 Å². The molecule has 0 aromatic heterocycles. The highest BCUT2D eigenvalue weighted by molar-refractivity contribution is 5.95. The largest absolute Gasteiger partial charge is 0.311 e. The number of rotatable bonds is 1. The lowest BCUT2D eigenvalue weighted by atomic mass is 10.0. The summed E-state index contributed by atoms with van der Waals surface area (Å²) in [5, 5.41) is 9.04. The Labute approximate surface area is 99.5 Å². The summed E-state index contributed by atoms with van der Waals surface area (Å²) in [6.07, 6.45) is 2.23. The summed E-state index contributed by atoms with van der Waals surface area (Å²) in [5.74, 6) is -0.409. The van der Waals surface area contributed by atoms with Crippen molar-refractivity contribution in [3.05, 3.63) is 29.1 Å². The molecule has 0 N–H and O–H groups in total. The monoisotopic (exact) mass is 232 g/mol. The van der Waals surface area contributed by atoms with Crippen LogP contribution in [-0.4, -0.2) is 12.5 Å². The van der Waals surface area contributed by atoms with Crippen molar-refractivity contribution >= 4 is 11.6 Å². The van der Waals surface area contributed by atoms with Gasteiger partial charge in [-0.1, -0.05) is 0 Å². The zero-order valence-electron chi connectivity index (χ0n) is 9.66. The van der Waals surface area contributed by atoms with Gasteiger partial charge < -0.3 is 4.90 Å². The van der Waals surface area contributed by atoms with Crippen molar-refractivity contribution < 1.29 is 9.18 Å². The minimum absolute atomic E-state index is 0.0315. The quantitative estimate of drug-likeness (QED) is 0.746. The number of carbonyl (C=O) groups excluding carboxylic acids is 1. The first-order valence-corrected chi connectivity index (χ1v) is 5.64. The second kappa shape index (κ2) is 4.54. The molecule has 0 saturated carbocycles. The molecule has 1 aromatic rings. The maximum Gasteiger partial charge on any atom is 0.227 e. The molecule has 17 heavy (non-hydrogen) atoms.